The summed E-state index contributed by atoms with van der Waals surface area (Å²) in [5.74, 6) is 0. The van der Waals surface area contributed by atoms with E-state index in [1.807, 2.05) is 0 Å². The van der Waals surface area contributed by atoms with Crippen molar-refractivity contribution >= 4 is 0 Å². The van der Waals surface area contributed by atoms with Gasteiger partial charge in [-0.1, -0.05) is 13.3 Å². The van der Waals surface area contributed by atoms with Crippen LogP contribution in [0, 0.1) is 0 Å². The molecule has 2 N–H and O–H groups in total. The maximum absolute atomic E-state index is 5.96. The first-order valence-electron chi connectivity index (χ1n) is 6.13. The summed E-state index contributed by atoms with van der Waals surface area (Å²) in [6, 6.07) is 0.416. The van der Waals surface area contributed by atoms with E-state index in [9.17, 15) is 0 Å². The fraction of sp³-hybridized carbons (Fsp3) is 1.00. The minimum absolute atomic E-state index is 0.416. The smallest absolute Gasteiger partial charge is 0.0579 e. The SMILES string of the molecule is CCCC(N)CCCC1CCC(C)O1. The van der Waals surface area contributed by atoms with Gasteiger partial charge >= 0.3 is 0 Å². The average Bonchev–Trinajstić information content (AvgIpc) is 2.52. The molecule has 0 radical (unpaired) electrons. The molecule has 3 unspecified atom stereocenters. The lowest BCUT2D eigenvalue weighted by atomic mass is 10.0. The molecule has 0 aromatic rings. The van der Waals surface area contributed by atoms with E-state index < -0.39 is 0 Å². The Labute approximate surface area is 88.2 Å². The predicted molar refractivity (Wildman–Crippen MR) is 60.3 cm³/mol. The highest BCUT2D eigenvalue weighted by Crippen LogP contribution is 2.23. The van der Waals surface area contributed by atoms with Gasteiger partial charge in [0.15, 0.2) is 0 Å². The first-order chi connectivity index (χ1) is 6.72. The molecule has 0 bridgehead atoms. The van der Waals surface area contributed by atoms with E-state index in [2.05, 4.69) is 13.8 Å². The molecule has 1 aliphatic rings. The van der Waals surface area contributed by atoms with E-state index in [-0.39, 0.29) is 0 Å². The third kappa shape index (κ3) is 4.43. The Morgan fingerprint density at radius 2 is 2.14 bits per heavy atom. The van der Waals surface area contributed by atoms with Crippen molar-refractivity contribution in [2.24, 2.45) is 5.73 Å². The second-order valence-electron chi connectivity index (χ2n) is 4.63. The molecule has 2 nitrogen and oxygen atoms in total. The van der Waals surface area contributed by atoms with Gasteiger partial charge in [-0.3, -0.25) is 0 Å². The summed E-state index contributed by atoms with van der Waals surface area (Å²) in [6.45, 7) is 4.37. The number of hydrogen-bond acceptors (Lipinski definition) is 2. The van der Waals surface area contributed by atoms with Gasteiger partial charge in [-0.15, -0.1) is 0 Å². The number of nitrogens with two attached hydrogens (primary N) is 1. The highest BCUT2D eigenvalue weighted by atomic mass is 16.5. The van der Waals surface area contributed by atoms with Crippen LogP contribution < -0.4 is 5.73 Å². The lowest BCUT2D eigenvalue weighted by Gasteiger charge is -2.13. The second-order valence-corrected chi connectivity index (χ2v) is 4.63. The minimum atomic E-state index is 0.416. The van der Waals surface area contributed by atoms with Crippen molar-refractivity contribution in [1.29, 1.82) is 0 Å². The standard InChI is InChI=1S/C12H25NO/c1-3-5-11(13)6-4-7-12-9-8-10(2)14-12/h10-12H,3-9,13H2,1-2H3. The molecule has 1 fully saturated rings. The first kappa shape index (κ1) is 12.0. The quantitative estimate of drug-likeness (QED) is 0.714. The van der Waals surface area contributed by atoms with Crippen LogP contribution in [0.25, 0.3) is 0 Å². The maximum Gasteiger partial charge on any atom is 0.0579 e. The summed E-state index contributed by atoms with van der Waals surface area (Å²) in [5.41, 5.74) is 5.96. The molecule has 3 atom stereocenters. The zero-order chi connectivity index (χ0) is 10.4. The van der Waals surface area contributed by atoms with Crippen LogP contribution in [0.15, 0.2) is 0 Å². The molecule has 0 aromatic heterocycles. The summed E-state index contributed by atoms with van der Waals surface area (Å²) in [7, 11) is 0. The normalized spacial score (nSPS) is 29.4. The molecule has 1 aliphatic heterocycles. The predicted octanol–water partition coefficient (Wildman–Crippen LogP) is 2.85. The molecule has 0 amide bonds. The van der Waals surface area contributed by atoms with E-state index in [4.69, 9.17) is 10.5 Å². The molecule has 1 rings (SSSR count). The summed E-state index contributed by atoms with van der Waals surface area (Å²) >= 11 is 0. The van der Waals surface area contributed by atoms with Gasteiger partial charge in [0.05, 0.1) is 12.2 Å². The molecule has 0 aliphatic carbocycles. The lowest BCUT2D eigenvalue weighted by Crippen LogP contribution is -2.20. The molecule has 84 valence electrons. The van der Waals surface area contributed by atoms with Crippen LogP contribution in [0.5, 0.6) is 0 Å². The Balaban J connectivity index is 1.98. The Morgan fingerprint density at radius 3 is 2.71 bits per heavy atom. The van der Waals surface area contributed by atoms with Crippen LogP contribution in [0.4, 0.5) is 0 Å². The van der Waals surface area contributed by atoms with Crippen LogP contribution in [0.3, 0.4) is 0 Å². The summed E-state index contributed by atoms with van der Waals surface area (Å²) < 4.78 is 5.76. The Kier molecular flexibility index (Phi) is 5.49. The highest BCUT2D eigenvalue weighted by molar-refractivity contribution is 4.71. The van der Waals surface area contributed by atoms with Gasteiger partial charge in [0.25, 0.3) is 0 Å². The van der Waals surface area contributed by atoms with Gasteiger partial charge in [0, 0.05) is 6.04 Å². The molecule has 2 heteroatoms. The number of rotatable bonds is 6. The number of hydrogen-bond donors (Lipinski definition) is 1. The highest BCUT2D eigenvalue weighted by Gasteiger charge is 2.21. The molecule has 0 aromatic carbocycles. The van der Waals surface area contributed by atoms with Crippen LogP contribution in [0.2, 0.25) is 0 Å². The topological polar surface area (TPSA) is 35.2 Å². The second kappa shape index (κ2) is 6.41. The van der Waals surface area contributed by atoms with Crippen molar-refractivity contribution in [2.75, 3.05) is 0 Å². The van der Waals surface area contributed by atoms with E-state index in [0.29, 0.717) is 18.2 Å². The lowest BCUT2D eigenvalue weighted by molar-refractivity contribution is 0.0492. The molecule has 0 saturated carbocycles. The Bertz CT molecular complexity index is 149. The van der Waals surface area contributed by atoms with Crippen LogP contribution in [0.1, 0.15) is 58.8 Å². The first-order valence-corrected chi connectivity index (χ1v) is 6.13. The molecule has 1 heterocycles. The molecule has 14 heavy (non-hydrogen) atoms. The van der Waals surface area contributed by atoms with E-state index >= 15 is 0 Å². The monoisotopic (exact) mass is 199 g/mol. The van der Waals surface area contributed by atoms with Crippen molar-refractivity contribution in [3.63, 3.8) is 0 Å². The average molecular weight is 199 g/mol. The third-order valence-corrected chi connectivity index (χ3v) is 3.08. The minimum Gasteiger partial charge on any atom is -0.375 e. The van der Waals surface area contributed by atoms with Gasteiger partial charge in [-0.2, -0.15) is 0 Å². The molecule has 0 spiro atoms. The van der Waals surface area contributed by atoms with Gasteiger partial charge < -0.3 is 10.5 Å². The Morgan fingerprint density at radius 1 is 1.36 bits per heavy atom. The molecule has 1 saturated heterocycles. The summed E-state index contributed by atoms with van der Waals surface area (Å²) in [5, 5.41) is 0. The zero-order valence-electron chi connectivity index (χ0n) is 9.67. The van der Waals surface area contributed by atoms with Crippen molar-refractivity contribution < 1.29 is 4.74 Å². The number of ether oxygens (including phenoxy) is 1. The Hall–Kier alpha value is -0.0800. The molecular weight excluding hydrogens is 174 g/mol. The van der Waals surface area contributed by atoms with Gasteiger partial charge in [-0.05, 0) is 45.4 Å². The van der Waals surface area contributed by atoms with E-state index in [1.165, 1.54) is 44.9 Å². The van der Waals surface area contributed by atoms with Crippen LogP contribution in [-0.2, 0) is 4.74 Å². The van der Waals surface area contributed by atoms with Gasteiger partial charge in [0.2, 0.25) is 0 Å². The van der Waals surface area contributed by atoms with Crippen LogP contribution >= 0.6 is 0 Å². The van der Waals surface area contributed by atoms with Gasteiger partial charge in [-0.25, -0.2) is 0 Å². The van der Waals surface area contributed by atoms with Gasteiger partial charge in [0.1, 0.15) is 0 Å². The van der Waals surface area contributed by atoms with Crippen molar-refractivity contribution in [1.82, 2.24) is 0 Å². The largest absolute Gasteiger partial charge is 0.375 e. The summed E-state index contributed by atoms with van der Waals surface area (Å²) in [4.78, 5) is 0. The zero-order valence-corrected chi connectivity index (χ0v) is 9.67. The fourth-order valence-electron chi connectivity index (χ4n) is 2.22. The third-order valence-electron chi connectivity index (χ3n) is 3.08. The molecular formula is C12H25NO. The summed E-state index contributed by atoms with van der Waals surface area (Å²) in [6.07, 6.45) is 9.50. The van der Waals surface area contributed by atoms with Crippen molar-refractivity contribution in [3.05, 3.63) is 0 Å². The van der Waals surface area contributed by atoms with Crippen molar-refractivity contribution in [2.45, 2.75) is 77.0 Å². The van der Waals surface area contributed by atoms with E-state index in [0.717, 1.165) is 0 Å². The van der Waals surface area contributed by atoms with Crippen LogP contribution in [-0.4, -0.2) is 18.2 Å². The van der Waals surface area contributed by atoms with E-state index in [1.54, 1.807) is 0 Å². The fourth-order valence-corrected chi connectivity index (χ4v) is 2.22. The van der Waals surface area contributed by atoms with Crippen molar-refractivity contribution in [3.8, 4) is 0 Å². The maximum atomic E-state index is 5.96.